The second kappa shape index (κ2) is 4.78. The molecule has 2 heterocycles. The highest BCUT2D eigenvalue weighted by molar-refractivity contribution is 5.27. The molecule has 0 bridgehead atoms. The second-order valence-electron chi connectivity index (χ2n) is 5.27. The van der Waals surface area contributed by atoms with Gasteiger partial charge < -0.3 is 9.88 Å². The molecular formula is C15H18FN3. The maximum Gasteiger partial charge on any atom is 0.126 e. The predicted octanol–water partition coefficient (Wildman–Crippen LogP) is 2.63. The van der Waals surface area contributed by atoms with Crippen LogP contribution < -0.4 is 5.32 Å². The molecule has 1 N–H and O–H groups in total. The first kappa shape index (κ1) is 12.4. The summed E-state index contributed by atoms with van der Waals surface area (Å²) in [5.41, 5.74) is 2.90. The van der Waals surface area contributed by atoms with Gasteiger partial charge in [0.25, 0.3) is 0 Å². The van der Waals surface area contributed by atoms with E-state index in [1.165, 1.54) is 5.69 Å². The largest absolute Gasteiger partial charge is 0.327 e. The highest BCUT2D eigenvalue weighted by Gasteiger charge is 2.24. The summed E-state index contributed by atoms with van der Waals surface area (Å²) >= 11 is 0. The number of hydrogen-bond acceptors (Lipinski definition) is 2. The third kappa shape index (κ3) is 2.16. The lowest BCUT2D eigenvalue weighted by Gasteiger charge is -2.29. The van der Waals surface area contributed by atoms with Crippen molar-refractivity contribution in [3.05, 3.63) is 53.4 Å². The molecule has 19 heavy (non-hydrogen) atoms. The van der Waals surface area contributed by atoms with E-state index in [2.05, 4.69) is 21.8 Å². The average molecular weight is 259 g/mol. The van der Waals surface area contributed by atoms with E-state index in [1.54, 1.807) is 13.0 Å². The van der Waals surface area contributed by atoms with Crippen LogP contribution in [0.15, 0.2) is 30.7 Å². The topological polar surface area (TPSA) is 29.9 Å². The zero-order valence-electron chi connectivity index (χ0n) is 11.2. The Bertz CT molecular complexity index is 587. The van der Waals surface area contributed by atoms with Crippen molar-refractivity contribution in [2.75, 3.05) is 13.1 Å². The summed E-state index contributed by atoms with van der Waals surface area (Å²) in [6.07, 6.45) is 3.77. The van der Waals surface area contributed by atoms with Crippen LogP contribution in [0.1, 0.15) is 35.7 Å². The molecule has 1 atom stereocenters. The SMILES string of the molecule is Cc1ccc(C(C)n2cncc2C2CNC2)cc1F. The van der Waals surface area contributed by atoms with Crippen LogP contribution in [0.25, 0.3) is 0 Å². The van der Waals surface area contributed by atoms with Crippen LogP contribution in [0.3, 0.4) is 0 Å². The van der Waals surface area contributed by atoms with Crippen molar-refractivity contribution in [2.24, 2.45) is 0 Å². The monoisotopic (exact) mass is 259 g/mol. The van der Waals surface area contributed by atoms with Crippen LogP contribution in [-0.2, 0) is 0 Å². The quantitative estimate of drug-likeness (QED) is 0.918. The maximum absolute atomic E-state index is 13.7. The summed E-state index contributed by atoms with van der Waals surface area (Å²) in [4.78, 5) is 4.25. The fourth-order valence-corrected chi connectivity index (χ4v) is 2.48. The van der Waals surface area contributed by atoms with Gasteiger partial charge in [-0.2, -0.15) is 0 Å². The number of aromatic nitrogens is 2. The van der Waals surface area contributed by atoms with Gasteiger partial charge in [0.15, 0.2) is 0 Å². The van der Waals surface area contributed by atoms with E-state index in [1.807, 2.05) is 24.7 Å². The van der Waals surface area contributed by atoms with E-state index < -0.39 is 0 Å². The number of aryl methyl sites for hydroxylation is 1. The average Bonchev–Trinajstić information content (AvgIpc) is 2.78. The normalized spacial score (nSPS) is 17.2. The fourth-order valence-electron chi connectivity index (χ4n) is 2.48. The number of hydrogen-bond donors (Lipinski definition) is 1. The van der Waals surface area contributed by atoms with Crippen molar-refractivity contribution in [3.63, 3.8) is 0 Å². The Morgan fingerprint density at radius 1 is 1.42 bits per heavy atom. The summed E-state index contributed by atoms with van der Waals surface area (Å²) in [7, 11) is 0. The lowest BCUT2D eigenvalue weighted by atomic mass is 9.98. The van der Waals surface area contributed by atoms with Crippen molar-refractivity contribution in [1.29, 1.82) is 0 Å². The minimum atomic E-state index is -0.142. The fraction of sp³-hybridized carbons (Fsp3) is 0.400. The Balaban J connectivity index is 1.92. The minimum Gasteiger partial charge on any atom is -0.327 e. The smallest absolute Gasteiger partial charge is 0.126 e. The minimum absolute atomic E-state index is 0.105. The van der Waals surface area contributed by atoms with Crippen LogP contribution in [0.2, 0.25) is 0 Å². The molecule has 1 saturated heterocycles. The Labute approximate surface area is 112 Å². The second-order valence-corrected chi connectivity index (χ2v) is 5.27. The molecule has 0 saturated carbocycles. The molecule has 0 spiro atoms. The van der Waals surface area contributed by atoms with Gasteiger partial charge in [0.05, 0.1) is 12.4 Å². The number of benzene rings is 1. The van der Waals surface area contributed by atoms with Crippen molar-refractivity contribution in [3.8, 4) is 0 Å². The lowest BCUT2D eigenvalue weighted by molar-refractivity contribution is 0.418. The zero-order valence-corrected chi connectivity index (χ0v) is 11.2. The molecule has 0 radical (unpaired) electrons. The van der Waals surface area contributed by atoms with Gasteiger partial charge in [-0.15, -0.1) is 0 Å². The highest BCUT2D eigenvalue weighted by atomic mass is 19.1. The van der Waals surface area contributed by atoms with E-state index in [9.17, 15) is 4.39 Å². The Morgan fingerprint density at radius 3 is 2.84 bits per heavy atom. The van der Waals surface area contributed by atoms with Gasteiger partial charge in [0.1, 0.15) is 5.82 Å². The third-order valence-electron chi connectivity index (χ3n) is 3.99. The van der Waals surface area contributed by atoms with E-state index in [4.69, 9.17) is 0 Å². The molecule has 1 fully saturated rings. The Morgan fingerprint density at radius 2 is 2.21 bits per heavy atom. The van der Waals surface area contributed by atoms with Crippen molar-refractivity contribution < 1.29 is 4.39 Å². The van der Waals surface area contributed by atoms with Gasteiger partial charge in [0.2, 0.25) is 0 Å². The van der Waals surface area contributed by atoms with Crippen LogP contribution in [0.5, 0.6) is 0 Å². The van der Waals surface area contributed by atoms with Gasteiger partial charge in [-0.05, 0) is 31.0 Å². The number of imidazole rings is 1. The zero-order chi connectivity index (χ0) is 13.4. The molecular weight excluding hydrogens is 241 g/mol. The molecule has 1 aromatic heterocycles. The molecule has 100 valence electrons. The number of rotatable bonds is 3. The summed E-state index contributed by atoms with van der Waals surface area (Å²) in [6, 6.07) is 5.56. The number of halogens is 1. The summed E-state index contributed by atoms with van der Waals surface area (Å²) < 4.78 is 15.8. The molecule has 1 aliphatic rings. The first-order chi connectivity index (χ1) is 9.16. The summed E-state index contributed by atoms with van der Waals surface area (Å²) in [5.74, 6) is 0.386. The van der Waals surface area contributed by atoms with Gasteiger partial charge >= 0.3 is 0 Å². The van der Waals surface area contributed by atoms with Crippen LogP contribution in [-0.4, -0.2) is 22.6 Å². The van der Waals surface area contributed by atoms with Crippen molar-refractivity contribution >= 4 is 0 Å². The third-order valence-corrected chi connectivity index (χ3v) is 3.99. The number of nitrogens with one attached hydrogen (secondary N) is 1. The van der Waals surface area contributed by atoms with Crippen molar-refractivity contribution in [1.82, 2.24) is 14.9 Å². The van der Waals surface area contributed by atoms with E-state index in [0.29, 0.717) is 11.5 Å². The predicted molar refractivity (Wildman–Crippen MR) is 72.8 cm³/mol. The molecule has 4 heteroatoms. The highest BCUT2D eigenvalue weighted by Crippen LogP contribution is 2.26. The summed E-state index contributed by atoms with van der Waals surface area (Å²) in [5, 5.41) is 3.27. The van der Waals surface area contributed by atoms with Crippen LogP contribution in [0, 0.1) is 12.7 Å². The Hall–Kier alpha value is -1.68. The van der Waals surface area contributed by atoms with E-state index in [0.717, 1.165) is 18.7 Å². The van der Waals surface area contributed by atoms with Gasteiger partial charge in [-0.25, -0.2) is 9.37 Å². The standard InChI is InChI=1S/C15H18FN3/c1-10-3-4-12(5-14(10)16)11(2)19-9-18-8-15(19)13-6-17-7-13/h3-5,8-9,11,13,17H,6-7H2,1-2H3. The van der Waals surface area contributed by atoms with E-state index in [-0.39, 0.29) is 11.9 Å². The first-order valence-electron chi connectivity index (χ1n) is 6.65. The maximum atomic E-state index is 13.7. The summed E-state index contributed by atoms with van der Waals surface area (Å²) in [6.45, 7) is 5.87. The molecule has 3 nitrogen and oxygen atoms in total. The molecule has 0 amide bonds. The van der Waals surface area contributed by atoms with Gasteiger partial charge in [-0.3, -0.25) is 0 Å². The number of nitrogens with zero attached hydrogens (tertiary/aromatic N) is 2. The van der Waals surface area contributed by atoms with Crippen LogP contribution in [0.4, 0.5) is 4.39 Å². The van der Waals surface area contributed by atoms with Crippen LogP contribution >= 0.6 is 0 Å². The first-order valence-corrected chi connectivity index (χ1v) is 6.65. The Kier molecular flexibility index (Phi) is 3.11. The molecule has 1 aromatic carbocycles. The molecule has 2 aromatic rings. The molecule has 3 rings (SSSR count). The molecule has 1 unspecified atom stereocenters. The van der Waals surface area contributed by atoms with Gasteiger partial charge in [-0.1, -0.05) is 12.1 Å². The lowest BCUT2D eigenvalue weighted by Crippen LogP contribution is -2.41. The van der Waals surface area contributed by atoms with Crippen molar-refractivity contribution in [2.45, 2.75) is 25.8 Å². The molecule has 1 aliphatic heterocycles. The van der Waals surface area contributed by atoms with E-state index >= 15 is 0 Å². The van der Waals surface area contributed by atoms with Gasteiger partial charge in [0, 0.05) is 30.9 Å². The molecule has 0 aliphatic carbocycles.